The summed E-state index contributed by atoms with van der Waals surface area (Å²) in [5, 5.41) is 0. The number of aldehydes is 1. The first kappa shape index (κ1) is 17.3. The van der Waals surface area contributed by atoms with Crippen LogP contribution in [0.15, 0.2) is 42.5 Å². The van der Waals surface area contributed by atoms with Gasteiger partial charge in [0.15, 0.2) is 6.29 Å². The van der Waals surface area contributed by atoms with Crippen LogP contribution in [0.3, 0.4) is 0 Å². The fraction of sp³-hybridized carbons (Fsp3) is 0.381. The van der Waals surface area contributed by atoms with Crippen molar-refractivity contribution in [2.75, 3.05) is 6.61 Å². The van der Waals surface area contributed by atoms with Crippen molar-refractivity contribution in [1.82, 2.24) is 0 Å². The fourth-order valence-electron chi connectivity index (χ4n) is 2.44. The quantitative estimate of drug-likeness (QED) is 0.509. The topological polar surface area (TPSA) is 26.3 Å². The standard InChI is InChI=1S/C21H26O2/c1-5-6-13-23-20-12-9-17(14-18(20)15-22)16-7-10-19(11-8-16)21(2,3)4/h7-12,14-15H,5-6,13H2,1-4H3. The molecule has 0 N–H and O–H groups in total. The van der Waals surface area contributed by atoms with E-state index in [2.05, 4.69) is 52.0 Å². The predicted octanol–water partition coefficient (Wildman–Crippen LogP) is 5.64. The second-order valence-corrected chi connectivity index (χ2v) is 6.90. The summed E-state index contributed by atoms with van der Waals surface area (Å²) in [6.45, 7) is 9.38. The van der Waals surface area contributed by atoms with Crippen LogP contribution in [0.25, 0.3) is 11.1 Å². The molecule has 0 fully saturated rings. The molecular weight excluding hydrogens is 284 g/mol. The number of carbonyl (C=O) groups excluding carboxylic acids is 1. The molecule has 0 aliphatic rings. The van der Waals surface area contributed by atoms with Gasteiger partial charge in [-0.2, -0.15) is 0 Å². The van der Waals surface area contributed by atoms with E-state index in [-0.39, 0.29) is 5.41 Å². The van der Waals surface area contributed by atoms with Crippen molar-refractivity contribution in [2.24, 2.45) is 0 Å². The van der Waals surface area contributed by atoms with Crippen LogP contribution in [-0.4, -0.2) is 12.9 Å². The van der Waals surface area contributed by atoms with E-state index in [4.69, 9.17) is 4.74 Å². The first-order valence-electron chi connectivity index (χ1n) is 8.28. The van der Waals surface area contributed by atoms with Crippen molar-refractivity contribution in [3.8, 4) is 16.9 Å². The zero-order valence-electron chi connectivity index (χ0n) is 14.6. The van der Waals surface area contributed by atoms with Gasteiger partial charge in [0.1, 0.15) is 5.75 Å². The summed E-state index contributed by atoms with van der Waals surface area (Å²) in [7, 11) is 0. The van der Waals surface area contributed by atoms with E-state index in [1.807, 2.05) is 18.2 Å². The van der Waals surface area contributed by atoms with E-state index in [0.29, 0.717) is 17.9 Å². The number of rotatable bonds is 6. The number of hydrogen-bond donors (Lipinski definition) is 0. The van der Waals surface area contributed by atoms with Gasteiger partial charge in [-0.25, -0.2) is 0 Å². The van der Waals surface area contributed by atoms with Crippen molar-refractivity contribution < 1.29 is 9.53 Å². The van der Waals surface area contributed by atoms with E-state index in [1.54, 1.807) is 0 Å². The highest BCUT2D eigenvalue weighted by Gasteiger charge is 2.13. The molecule has 2 rings (SSSR count). The molecule has 0 saturated heterocycles. The van der Waals surface area contributed by atoms with E-state index in [0.717, 1.165) is 30.3 Å². The second-order valence-electron chi connectivity index (χ2n) is 6.90. The lowest BCUT2D eigenvalue weighted by atomic mass is 9.86. The highest BCUT2D eigenvalue weighted by molar-refractivity contribution is 5.83. The van der Waals surface area contributed by atoms with Crippen molar-refractivity contribution in [2.45, 2.75) is 46.0 Å². The highest BCUT2D eigenvalue weighted by atomic mass is 16.5. The minimum Gasteiger partial charge on any atom is -0.493 e. The summed E-state index contributed by atoms with van der Waals surface area (Å²) in [5.41, 5.74) is 4.20. The summed E-state index contributed by atoms with van der Waals surface area (Å²) in [4.78, 5) is 11.3. The molecule has 0 spiro atoms. The lowest BCUT2D eigenvalue weighted by Gasteiger charge is -2.19. The molecule has 0 heterocycles. The van der Waals surface area contributed by atoms with Crippen LogP contribution in [0.5, 0.6) is 5.75 Å². The van der Waals surface area contributed by atoms with Gasteiger partial charge < -0.3 is 4.74 Å². The van der Waals surface area contributed by atoms with Gasteiger partial charge in [0.05, 0.1) is 12.2 Å². The number of benzene rings is 2. The Labute approximate surface area is 139 Å². The summed E-state index contributed by atoms with van der Waals surface area (Å²) >= 11 is 0. The summed E-state index contributed by atoms with van der Waals surface area (Å²) in [6.07, 6.45) is 2.94. The Hall–Kier alpha value is -2.09. The molecule has 0 atom stereocenters. The Morgan fingerprint density at radius 3 is 2.22 bits per heavy atom. The number of ether oxygens (including phenoxy) is 1. The number of hydrogen-bond acceptors (Lipinski definition) is 2. The normalized spacial score (nSPS) is 11.3. The number of carbonyl (C=O) groups is 1. The molecule has 0 unspecified atom stereocenters. The van der Waals surface area contributed by atoms with Crippen molar-refractivity contribution >= 4 is 6.29 Å². The zero-order chi connectivity index (χ0) is 16.9. The molecule has 23 heavy (non-hydrogen) atoms. The Balaban J connectivity index is 2.24. The minimum atomic E-state index is 0.142. The maximum Gasteiger partial charge on any atom is 0.153 e. The van der Waals surface area contributed by atoms with Gasteiger partial charge in [-0.1, -0.05) is 64.4 Å². The van der Waals surface area contributed by atoms with Crippen LogP contribution in [0.1, 0.15) is 56.5 Å². The molecule has 0 saturated carbocycles. The third-order valence-corrected chi connectivity index (χ3v) is 3.98. The summed E-state index contributed by atoms with van der Waals surface area (Å²) in [5.74, 6) is 0.670. The molecule has 0 aliphatic carbocycles. The van der Waals surface area contributed by atoms with Crippen molar-refractivity contribution in [3.63, 3.8) is 0 Å². The SMILES string of the molecule is CCCCOc1ccc(-c2ccc(C(C)(C)C)cc2)cc1C=O. The molecule has 122 valence electrons. The zero-order valence-corrected chi connectivity index (χ0v) is 14.6. The van der Waals surface area contributed by atoms with Gasteiger partial charge in [0.25, 0.3) is 0 Å². The summed E-state index contributed by atoms with van der Waals surface area (Å²) in [6, 6.07) is 14.3. The maximum absolute atomic E-state index is 11.3. The minimum absolute atomic E-state index is 0.142. The summed E-state index contributed by atoms with van der Waals surface area (Å²) < 4.78 is 5.69. The van der Waals surface area contributed by atoms with Gasteiger partial charge >= 0.3 is 0 Å². The second kappa shape index (κ2) is 7.45. The molecule has 0 aliphatic heterocycles. The molecule has 2 aromatic rings. The third kappa shape index (κ3) is 4.44. The molecule has 2 nitrogen and oxygen atoms in total. The fourth-order valence-corrected chi connectivity index (χ4v) is 2.44. The first-order chi connectivity index (χ1) is 11.0. The molecule has 0 bridgehead atoms. The smallest absolute Gasteiger partial charge is 0.153 e. The van der Waals surface area contributed by atoms with Gasteiger partial charge in [-0.05, 0) is 40.7 Å². The maximum atomic E-state index is 11.3. The Morgan fingerprint density at radius 1 is 1.00 bits per heavy atom. The highest BCUT2D eigenvalue weighted by Crippen LogP contribution is 2.29. The van der Waals surface area contributed by atoms with Crippen molar-refractivity contribution in [1.29, 1.82) is 0 Å². The van der Waals surface area contributed by atoms with Crippen LogP contribution in [0, 0.1) is 0 Å². The molecule has 0 amide bonds. The Bertz CT molecular complexity index is 649. The van der Waals surface area contributed by atoms with Crippen LogP contribution in [-0.2, 0) is 5.41 Å². The average Bonchev–Trinajstić information content (AvgIpc) is 2.54. The van der Waals surface area contributed by atoms with Crippen molar-refractivity contribution in [3.05, 3.63) is 53.6 Å². The van der Waals surface area contributed by atoms with E-state index < -0.39 is 0 Å². The van der Waals surface area contributed by atoms with E-state index in [9.17, 15) is 4.79 Å². The van der Waals surface area contributed by atoms with Gasteiger partial charge in [0.2, 0.25) is 0 Å². The van der Waals surface area contributed by atoms with E-state index in [1.165, 1.54) is 5.56 Å². The van der Waals surface area contributed by atoms with E-state index >= 15 is 0 Å². The molecule has 0 radical (unpaired) electrons. The van der Waals surface area contributed by atoms with Crippen LogP contribution in [0.2, 0.25) is 0 Å². The van der Waals surface area contributed by atoms with Crippen LogP contribution in [0.4, 0.5) is 0 Å². The Kier molecular flexibility index (Phi) is 5.59. The molecule has 0 aromatic heterocycles. The monoisotopic (exact) mass is 310 g/mol. The van der Waals surface area contributed by atoms with Crippen LogP contribution >= 0.6 is 0 Å². The van der Waals surface area contributed by atoms with Gasteiger partial charge in [0, 0.05) is 0 Å². The average molecular weight is 310 g/mol. The third-order valence-electron chi connectivity index (χ3n) is 3.98. The van der Waals surface area contributed by atoms with Gasteiger partial charge in [-0.3, -0.25) is 4.79 Å². The molecule has 2 aromatic carbocycles. The van der Waals surface area contributed by atoms with Gasteiger partial charge in [-0.15, -0.1) is 0 Å². The Morgan fingerprint density at radius 2 is 1.65 bits per heavy atom. The lowest BCUT2D eigenvalue weighted by molar-refractivity contribution is 0.111. The lowest BCUT2D eigenvalue weighted by Crippen LogP contribution is -2.10. The molecule has 2 heteroatoms. The number of unbranched alkanes of at least 4 members (excludes halogenated alkanes) is 1. The molecular formula is C21H26O2. The first-order valence-corrected chi connectivity index (χ1v) is 8.28. The van der Waals surface area contributed by atoms with Crippen LogP contribution < -0.4 is 4.74 Å². The largest absolute Gasteiger partial charge is 0.493 e. The predicted molar refractivity (Wildman–Crippen MR) is 96.4 cm³/mol.